The SMILES string of the molecule is CC(C)CCNCC[C@@H](C)N. The zero-order chi connectivity index (χ0) is 8.69. The molecule has 0 amide bonds. The van der Waals surface area contributed by atoms with Crippen LogP contribution in [0.15, 0.2) is 0 Å². The lowest BCUT2D eigenvalue weighted by Gasteiger charge is -2.08. The molecule has 0 aliphatic carbocycles. The van der Waals surface area contributed by atoms with Crippen LogP contribution in [-0.2, 0) is 0 Å². The highest BCUT2D eigenvalue weighted by atomic mass is 14.8. The highest BCUT2D eigenvalue weighted by Crippen LogP contribution is 1.96. The van der Waals surface area contributed by atoms with E-state index in [1.54, 1.807) is 0 Å². The van der Waals surface area contributed by atoms with Gasteiger partial charge in [0.05, 0.1) is 0 Å². The molecule has 0 aromatic carbocycles. The molecule has 0 unspecified atom stereocenters. The van der Waals surface area contributed by atoms with E-state index < -0.39 is 0 Å². The molecule has 11 heavy (non-hydrogen) atoms. The van der Waals surface area contributed by atoms with Crippen LogP contribution in [0.2, 0.25) is 0 Å². The molecule has 0 heterocycles. The molecule has 2 heteroatoms. The van der Waals surface area contributed by atoms with Crippen LogP contribution in [0.5, 0.6) is 0 Å². The Kier molecular flexibility index (Phi) is 6.57. The first-order chi connectivity index (χ1) is 5.13. The molecule has 0 aliphatic heterocycles. The molecule has 3 N–H and O–H groups in total. The van der Waals surface area contributed by atoms with Crippen LogP contribution < -0.4 is 11.1 Å². The largest absolute Gasteiger partial charge is 0.328 e. The van der Waals surface area contributed by atoms with Gasteiger partial charge in [0.25, 0.3) is 0 Å². The van der Waals surface area contributed by atoms with E-state index in [0.717, 1.165) is 25.4 Å². The molecule has 0 fully saturated rings. The number of nitrogens with one attached hydrogen (secondary N) is 1. The molecule has 2 nitrogen and oxygen atoms in total. The van der Waals surface area contributed by atoms with Crippen molar-refractivity contribution in [2.24, 2.45) is 11.7 Å². The summed E-state index contributed by atoms with van der Waals surface area (Å²) in [5.41, 5.74) is 5.59. The van der Waals surface area contributed by atoms with Crippen LogP contribution in [-0.4, -0.2) is 19.1 Å². The minimum Gasteiger partial charge on any atom is -0.328 e. The fourth-order valence-corrected chi connectivity index (χ4v) is 0.845. The summed E-state index contributed by atoms with van der Waals surface area (Å²) in [5.74, 6) is 0.804. The van der Waals surface area contributed by atoms with Crippen molar-refractivity contribution in [1.82, 2.24) is 5.32 Å². The van der Waals surface area contributed by atoms with Crippen LogP contribution >= 0.6 is 0 Å². The maximum atomic E-state index is 5.59. The van der Waals surface area contributed by atoms with Crippen LogP contribution in [0.1, 0.15) is 33.6 Å². The number of hydrogen-bond donors (Lipinski definition) is 2. The molecule has 0 spiro atoms. The maximum Gasteiger partial charge on any atom is 0.00225 e. The van der Waals surface area contributed by atoms with Crippen molar-refractivity contribution in [2.45, 2.75) is 39.7 Å². The molecule has 0 aromatic rings. The molecule has 0 saturated heterocycles. The first kappa shape index (κ1) is 10.9. The van der Waals surface area contributed by atoms with E-state index in [1.165, 1.54) is 6.42 Å². The van der Waals surface area contributed by atoms with Crippen molar-refractivity contribution in [3.8, 4) is 0 Å². The first-order valence-corrected chi connectivity index (χ1v) is 4.59. The molecule has 0 bridgehead atoms. The fourth-order valence-electron chi connectivity index (χ4n) is 0.845. The Labute approximate surface area is 70.5 Å². The minimum atomic E-state index is 0.335. The van der Waals surface area contributed by atoms with Gasteiger partial charge < -0.3 is 11.1 Å². The third kappa shape index (κ3) is 9.92. The topological polar surface area (TPSA) is 38.0 Å². The second kappa shape index (κ2) is 6.62. The van der Waals surface area contributed by atoms with Gasteiger partial charge in [-0.3, -0.25) is 0 Å². The van der Waals surface area contributed by atoms with Crippen LogP contribution in [0.4, 0.5) is 0 Å². The summed E-state index contributed by atoms with van der Waals surface area (Å²) in [7, 11) is 0. The Morgan fingerprint density at radius 1 is 1.09 bits per heavy atom. The smallest absolute Gasteiger partial charge is 0.00225 e. The standard InChI is InChI=1S/C9H22N2/c1-8(2)4-6-11-7-5-9(3)10/h8-9,11H,4-7,10H2,1-3H3/t9-/m1/s1. The van der Waals surface area contributed by atoms with Crippen LogP contribution in [0, 0.1) is 5.92 Å². The molecular weight excluding hydrogens is 136 g/mol. The summed E-state index contributed by atoms with van der Waals surface area (Å²) >= 11 is 0. The summed E-state index contributed by atoms with van der Waals surface area (Å²) in [6.45, 7) is 8.72. The van der Waals surface area contributed by atoms with Gasteiger partial charge in [0.2, 0.25) is 0 Å². The predicted octanol–water partition coefficient (Wildman–Crippen LogP) is 1.36. The van der Waals surface area contributed by atoms with Crippen molar-refractivity contribution in [2.75, 3.05) is 13.1 Å². The van der Waals surface area contributed by atoms with Gasteiger partial charge in [0.15, 0.2) is 0 Å². The third-order valence-corrected chi connectivity index (χ3v) is 1.67. The van der Waals surface area contributed by atoms with E-state index in [0.29, 0.717) is 6.04 Å². The molecule has 0 aliphatic rings. The van der Waals surface area contributed by atoms with Gasteiger partial charge in [-0.25, -0.2) is 0 Å². The highest BCUT2D eigenvalue weighted by Gasteiger charge is 1.94. The Morgan fingerprint density at radius 3 is 2.09 bits per heavy atom. The molecule has 0 aromatic heterocycles. The highest BCUT2D eigenvalue weighted by molar-refractivity contribution is 4.56. The Morgan fingerprint density at radius 2 is 1.64 bits per heavy atom. The van der Waals surface area contributed by atoms with Crippen molar-refractivity contribution in [3.05, 3.63) is 0 Å². The summed E-state index contributed by atoms with van der Waals surface area (Å²) in [6, 6.07) is 0.335. The summed E-state index contributed by atoms with van der Waals surface area (Å²) < 4.78 is 0. The van der Waals surface area contributed by atoms with E-state index in [-0.39, 0.29) is 0 Å². The monoisotopic (exact) mass is 158 g/mol. The third-order valence-electron chi connectivity index (χ3n) is 1.67. The second-order valence-corrected chi connectivity index (χ2v) is 3.70. The Bertz CT molecular complexity index is 69.6. The van der Waals surface area contributed by atoms with Gasteiger partial charge in [0.1, 0.15) is 0 Å². The summed E-state index contributed by atoms with van der Waals surface area (Å²) in [5, 5.41) is 3.37. The lowest BCUT2D eigenvalue weighted by Crippen LogP contribution is -2.25. The van der Waals surface area contributed by atoms with Gasteiger partial charge in [0, 0.05) is 6.04 Å². The lowest BCUT2D eigenvalue weighted by atomic mass is 10.1. The van der Waals surface area contributed by atoms with E-state index in [4.69, 9.17) is 5.73 Å². The Hall–Kier alpha value is -0.0800. The van der Waals surface area contributed by atoms with Crippen molar-refractivity contribution in [1.29, 1.82) is 0 Å². The number of nitrogens with two attached hydrogens (primary N) is 1. The van der Waals surface area contributed by atoms with E-state index in [9.17, 15) is 0 Å². The van der Waals surface area contributed by atoms with Crippen LogP contribution in [0.3, 0.4) is 0 Å². The molecular formula is C9H22N2. The lowest BCUT2D eigenvalue weighted by molar-refractivity contribution is 0.519. The molecule has 1 atom stereocenters. The van der Waals surface area contributed by atoms with Crippen molar-refractivity contribution >= 4 is 0 Å². The van der Waals surface area contributed by atoms with Gasteiger partial charge in [-0.1, -0.05) is 13.8 Å². The second-order valence-electron chi connectivity index (χ2n) is 3.70. The molecule has 68 valence electrons. The van der Waals surface area contributed by atoms with Gasteiger partial charge >= 0.3 is 0 Å². The number of rotatable bonds is 6. The summed E-state index contributed by atoms with van der Waals surface area (Å²) in [6.07, 6.45) is 2.34. The zero-order valence-corrected chi connectivity index (χ0v) is 8.06. The normalized spacial score (nSPS) is 13.9. The van der Waals surface area contributed by atoms with E-state index in [2.05, 4.69) is 19.2 Å². The minimum absolute atomic E-state index is 0.335. The predicted molar refractivity (Wildman–Crippen MR) is 50.6 cm³/mol. The summed E-state index contributed by atoms with van der Waals surface area (Å²) in [4.78, 5) is 0. The molecule has 0 radical (unpaired) electrons. The first-order valence-electron chi connectivity index (χ1n) is 4.59. The number of hydrogen-bond acceptors (Lipinski definition) is 2. The van der Waals surface area contributed by atoms with Gasteiger partial charge in [-0.15, -0.1) is 0 Å². The van der Waals surface area contributed by atoms with Gasteiger partial charge in [-0.2, -0.15) is 0 Å². The zero-order valence-electron chi connectivity index (χ0n) is 8.06. The quantitative estimate of drug-likeness (QED) is 0.573. The van der Waals surface area contributed by atoms with Gasteiger partial charge in [-0.05, 0) is 38.8 Å². The average molecular weight is 158 g/mol. The van der Waals surface area contributed by atoms with E-state index >= 15 is 0 Å². The maximum absolute atomic E-state index is 5.59. The van der Waals surface area contributed by atoms with E-state index in [1.807, 2.05) is 6.92 Å². The fraction of sp³-hybridized carbons (Fsp3) is 1.00. The Balaban J connectivity index is 2.91. The van der Waals surface area contributed by atoms with Crippen LogP contribution in [0.25, 0.3) is 0 Å². The molecule has 0 rings (SSSR count). The van der Waals surface area contributed by atoms with Crippen molar-refractivity contribution in [3.63, 3.8) is 0 Å². The van der Waals surface area contributed by atoms with Crippen molar-refractivity contribution < 1.29 is 0 Å². The average Bonchev–Trinajstić information content (AvgIpc) is 1.85. The molecule has 0 saturated carbocycles.